The monoisotopic (exact) mass is 360 g/mol. The number of benzene rings is 1. The molecule has 3 aromatic rings. The lowest BCUT2D eigenvalue weighted by molar-refractivity contribution is 0.0697. The summed E-state index contributed by atoms with van der Waals surface area (Å²) in [5, 5.41) is 13.2. The van der Waals surface area contributed by atoms with Gasteiger partial charge in [-0.25, -0.2) is 19.7 Å². The number of aromatic carboxylic acids is 1. The molecular formula is C16H13ClN4O2S. The Morgan fingerprint density at radius 3 is 2.67 bits per heavy atom. The summed E-state index contributed by atoms with van der Waals surface area (Å²) in [6, 6.07) is 6.41. The highest BCUT2D eigenvalue weighted by Crippen LogP contribution is 2.29. The first-order valence-corrected chi connectivity index (χ1v) is 8.21. The zero-order valence-corrected chi connectivity index (χ0v) is 14.4. The summed E-state index contributed by atoms with van der Waals surface area (Å²) < 4.78 is 0. The van der Waals surface area contributed by atoms with E-state index >= 15 is 0 Å². The van der Waals surface area contributed by atoms with Crippen LogP contribution in [-0.2, 0) is 0 Å². The Balaban J connectivity index is 1.89. The fourth-order valence-electron chi connectivity index (χ4n) is 2.21. The van der Waals surface area contributed by atoms with Crippen LogP contribution in [0.25, 0.3) is 10.6 Å². The van der Waals surface area contributed by atoms with Gasteiger partial charge in [-0.15, -0.1) is 11.3 Å². The molecule has 0 amide bonds. The number of halogens is 1. The van der Waals surface area contributed by atoms with Gasteiger partial charge in [-0.3, -0.25) is 0 Å². The average molecular weight is 361 g/mol. The molecule has 8 heteroatoms. The summed E-state index contributed by atoms with van der Waals surface area (Å²) in [5.74, 6) is -0.669. The molecule has 24 heavy (non-hydrogen) atoms. The fraction of sp³-hybridized carbons (Fsp3) is 0.125. The van der Waals surface area contributed by atoms with Crippen molar-refractivity contribution in [3.8, 4) is 10.6 Å². The lowest BCUT2D eigenvalue weighted by Crippen LogP contribution is -2.00. The van der Waals surface area contributed by atoms with Crippen LogP contribution in [-0.4, -0.2) is 26.0 Å². The highest BCUT2D eigenvalue weighted by atomic mass is 35.5. The molecule has 122 valence electrons. The van der Waals surface area contributed by atoms with E-state index in [-0.39, 0.29) is 10.6 Å². The Morgan fingerprint density at radius 2 is 2.04 bits per heavy atom. The predicted octanol–water partition coefficient (Wildman–Crippen LogP) is 4.31. The molecule has 0 saturated carbocycles. The Kier molecular flexibility index (Phi) is 4.46. The number of nitrogens with one attached hydrogen (secondary N) is 1. The van der Waals surface area contributed by atoms with E-state index < -0.39 is 5.97 Å². The number of hydrogen-bond acceptors (Lipinski definition) is 6. The van der Waals surface area contributed by atoms with E-state index in [1.807, 2.05) is 19.9 Å². The van der Waals surface area contributed by atoms with Crippen molar-refractivity contribution in [3.63, 3.8) is 0 Å². The molecule has 0 radical (unpaired) electrons. The van der Waals surface area contributed by atoms with Crippen molar-refractivity contribution in [3.05, 3.63) is 51.7 Å². The molecule has 2 aromatic heterocycles. The average Bonchev–Trinajstić information content (AvgIpc) is 2.86. The zero-order chi connectivity index (χ0) is 17.3. The van der Waals surface area contributed by atoms with E-state index in [1.165, 1.54) is 12.1 Å². The highest BCUT2D eigenvalue weighted by molar-refractivity contribution is 7.15. The van der Waals surface area contributed by atoms with E-state index in [4.69, 9.17) is 16.7 Å². The summed E-state index contributed by atoms with van der Waals surface area (Å²) in [5.41, 5.74) is 2.37. The maximum atomic E-state index is 11.0. The van der Waals surface area contributed by atoms with Crippen molar-refractivity contribution >= 4 is 40.5 Å². The van der Waals surface area contributed by atoms with Crippen molar-refractivity contribution < 1.29 is 9.90 Å². The van der Waals surface area contributed by atoms with Crippen molar-refractivity contribution in [1.29, 1.82) is 0 Å². The Labute approximate surface area is 147 Å². The maximum Gasteiger partial charge on any atom is 0.337 e. The molecule has 0 atom stereocenters. The second kappa shape index (κ2) is 6.54. The van der Waals surface area contributed by atoms with E-state index in [0.717, 1.165) is 21.3 Å². The summed E-state index contributed by atoms with van der Waals surface area (Å²) in [6.07, 6.45) is 1.66. The number of hydrogen-bond donors (Lipinski definition) is 2. The summed E-state index contributed by atoms with van der Waals surface area (Å²) in [6.45, 7) is 3.89. The third-order valence-electron chi connectivity index (χ3n) is 3.25. The summed E-state index contributed by atoms with van der Waals surface area (Å²) in [4.78, 5) is 25.1. The van der Waals surface area contributed by atoms with Crippen LogP contribution in [0.2, 0.25) is 5.02 Å². The molecule has 0 spiro atoms. The lowest BCUT2D eigenvalue weighted by atomic mass is 10.2. The molecule has 1 aromatic carbocycles. The molecule has 0 aliphatic rings. The molecule has 0 saturated heterocycles. The number of carbonyl (C=O) groups is 1. The van der Waals surface area contributed by atoms with E-state index in [1.54, 1.807) is 23.6 Å². The molecule has 2 heterocycles. The van der Waals surface area contributed by atoms with Gasteiger partial charge in [-0.05, 0) is 38.1 Å². The Hall–Kier alpha value is -2.51. The van der Waals surface area contributed by atoms with Crippen LogP contribution in [0.4, 0.5) is 11.6 Å². The molecule has 0 aliphatic heterocycles. The standard InChI is InChI=1S/C16H13ClN4O2S/c1-8-14(24-9(2)19-8)13-5-6-18-16(21-13)20-10-3-4-11(15(22)23)12(17)7-10/h3-7H,1-2H3,(H,22,23)(H,18,20,21). The summed E-state index contributed by atoms with van der Waals surface area (Å²) >= 11 is 7.55. The number of aryl methyl sites for hydroxylation is 2. The van der Waals surface area contributed by atoms with Crippen molar-refractivity contribution in [2.45, 2.75) is 13.8 Å². The predicted molar refractivity (Wildman–Crippen MR) is 94.3 cm³/mol. The molecule has 0 bridgehead atoms. The van der Waals surface area contributed by atoms with E-state index in [2.05, 4.69) is 20.3 Å². The minimum absolute atomic E-state index is 0.0487. The van der Waals surface area contributed by atoms with Crippen molar-refractivity contribution in [2.75, 3.05) is 5.32 Å². The van der Waals surface area contributed by atoms with Crippen LogP contribution in [0.1, 0.15) is 21.1 Å². The minimum atomic E-state index is -1.07. The molecule has 0 unspecified atom stereocenters. The normalized spacial score (nSPS) is 10.6. The van der Waals surface area contributed by atoms with Gasteiger partial charge in [0.05, 0.1) is 31.9 Å². The first-order valence-electron chi connectivity index (χ1n) is 7.01. The quantitative estimate of drug-likeness (QED) is 0.720. The number of nitrogens with zero attached hydrogens (tertiary/aromatic N) is 3. The van der Waals surface area contributed by atoms with Crippen molar-refractivity contribution in [2.24, 2.45) is 0 Å². The third-order valence-corrected chi connectivity index (χ3v) is 4.66. The van der Waals surface area contributed by atoms with Gasteiger partial charge < -0.3 is 10.4 Å². The second-order valence-corrected chi connectivity index (χ2v) is 6.65. The number of anilines is 2. The van der Waals surface area contributed by atoms with E-state index in [0.29, 0.717) is 11.6 Å². The molecule has 0 fully saturated rings. The second-order valence-electron chi connectivity index (χ2n) is 5.04. The van der Waals surface area contributed by atoms with Crippen LogP contribution in [0.3, 0.4) is 0 Å². The number of aromatic nitrogens is 3. The van der Waals surface area contributed by atoms with Gasteiger partial charge in [-0.2, -0.15) is 0 Å². The fourth-order valence-corrected chi connectivity index (χ4v) is 3.36. The molecule has 2 N–H and O–H groups in total. The van der Waals surface area contributed by atoms with E-state index in [9.17, 15) is 4.79 Å². The highest BCUT2D eigenvalue weighted by Gasteiger charge is 2.12. The minimum Gasteiger partial charge on any atom is -0.478 e. The van der Waals surface area contributed by atoms with Gasteiger partial charge in [0, 0.05) is 11.9 Å². The Morgan fingerprint density at radius 1 is 1.25 bits per heavy atom. The van der Waals surface area contributed by atoms with Crippen molar-refractivity contribution in [1.82, 2.24) is 15.0 Å². The smallest absolute Gasteiger partial charge is 0.337 e. The largest absolute Gasteiger partial charge is 0.478 e. The number of carboxylic acid groups (broad SMARTS) is 1. The number of thiazole rings is 1. The van der Waals surface area contributed by atoms with Gasteiger partial charge >= 0.3 is 5.97 Å². The number of rotatable bonds is 4. The van der Waals surface area contributed by atoms with Crippen LogP contribution in [0.15, 0.2) is 30.5 Å². The van der Waals surface area contributed by atoms with Crippen LogP contribution in [0, 0.1) is 13.8 Å². The van der Waals surface area contributed by atoms with Gasteiger partial charge in [0.25, 0.3) is 0 Å². The molecular weight excluding hydrogens is 348 g/mol. The summed E-state index contributed by atoms with van der Waals surface area (Å²) in [7, 11) is 0. The molecule has 6 nitrogen and oxygen atoms in total. The van der Waals surface area contributed by atoms with Gasteiger partial charge in [0.15, 0.2) is 0 Å². The van der Waals surface area contributed by atoms with Gasteiger partial charge in [-0.1, -0.05) is 11.6 Å². The maximum absolute atomic E-state index is 11.0. The van der Waals surface area contributed by atoms with Gasteiger partial charge in [0.2, 0.25) is 5.95 Å². The first kappa shape index (κ1) is 16.4. The topological polar surface area (TPSA) is 88.0 Å². The zero-order valence-electron chi connectivity index (χ0n) is 12.9. The number of carboxylic acids is 1. The van der Waals surface area contributed by atoms with Gasteiger partial charge in [0.1, 0.15) is 0 Å². The molecule has 0 aliphatic carbocycles. The molecule has 3 rings (SSSR count). The Bertz CT molecular complexity index is 926. The third kappa shape index (κ3) is 3.37. The van der Waals surface area contributed by atoms with Crippen LogP contribution in [0.5, 0.6) is 0 Å². The lowest BCUT2D eigenvalue weighted by Gasteiger charge is -2.07. The SMILES string of the molecule is Cc1nc(C)c(-c2ccnc(Nc3ccc(C(=O)O)c(Cl)c3)n2)s1. The first-order chi connectivity index (χ1) is 11.4. The van der Waals surface area contributed by atoms with Crippen LogP contribution < -0.4 is 5.32 Å². The van der Waals surface area contributed by atoms with Crippen LogP contribution >= 0.6 is 22.9 Å².